The van der Waals surface area contributed by atoms with E-state index in [4.69, 9.17) is 9.47 Å². The van der Waals surface area contributed by atoms with Gasteiger partial charge in [0.25, 0.3) is 0 Å². The fraction of sp³-hybridized carbons (Fsp3) is 0.308. The summed E-state index contributed by atoms with van der Waals surface area (Å²) in [5, 5.41) is 8.88. The van der Waals surface area contributed by atoms with Crippen LogP contribution >= 0.6 is 0 Å². The van der Waals surface area contributed by atoms with Crippen LogP contribution in [0.15, 0.2) is 54.9 Å². The van der Waals surface area contributed by atoms with E-state index in [9.17, 15) is 4.79 Å². The van der Waals surface area contributed by atoms with Gasteiger partial charge in [0.15, 0.2) is 5.69 Å². The molecule has 1 aliphatic rings. The van der Waals surface area contributed by atoms with E-state index in [-0.39, 0.29) is 12.0 Å². The van der Waals surface area contributed by atoms with E-state index in [0.717, 1.165) is 34.1 Å². The summed E-state index contributed by atoms with van der Waals surface area (Å²) >= 11 is 0. The predicted molar refractivity (Wildman–Crippen MR) is 127 cm³/mol. The maximum absolute atomic E-state index is 13.0. The van der Waals surface area contributed by atoms with Crippen molar-refractivity contribution in [1.29, 1.82) is 0 Å². The van der Waals surface area contributed by atoms with E-state index < -0.39 is 5.97 Å². The second-order valence-corrected chi connectivity index (χ2v) is 9.71. The Hall–Kier alpha value is -3.94. The predicted octanol–water partition coefficient (Wildman–Crippen LogP) is 4.45. The number of para-hydroxylation sites is 1. The molecular formula is C26H27N5O3. The molecule has 8 nitrogen and oxygen atoms in total. The quantitative estimate of drug-likeness (QED) is 0.363. The highest BCUT2D eigenvalue weighted by Gasteiger charge is 2.29. The lowest BCUT2D eigenvalue weighted by Crippen LogP contribution is -2.19. The van der Waals surface area contributed by atoms with Crippen molar-refractivity contribution in [3.8, 4) is 17.1 Å². The third kappa shape index (κ3) is 4.19. The van der Waals surface area contributed by atoms with E-state index in [0.29, 0.717) is 24.4 Å². The summed E-state index contributed by atoms with van der Waals surface area (Å²) in [5.74, 6) is 0.325. The number of nitrogens with zero attached hydrogens (tertiary/aromatic N) is 5. The maximum atomic E-state index is 13.0. The maximum Gasteiger partial charge on any atom is 0.358 e. The van der Waals surface area contributed by atoms with E-state index in [2.05, 4.69) is 21.4 Å². The van der Waals surface area contributed by atoms with Gasteiger partial charge in [-0.05, 0) is 42.2 Å². The van der Waals surface area contributed by atoms with Gasteiger partial charge in [-0.25, -0.2) is 14.5 Å². The van der Waals surface area contributed by atoms with Crippen LogP contribution in [-0.2, 0) is 17.8 Å². The molecular weight excluding hydrogens is 430 g/mol. The number of imidazole rings is 1. The normalized spacial score (nSPS) is 12.4. The summed E-state index contributed by atoms with van der Waals surface area (Å²) in [4.78, 5) is 17.4. The molecule has 0 radical (unpaired) electrons. The second-order valence-electron chi connectivity index (χ2n) is 9.71. The van der Waals surface area contributed by atoms with Crippen LogP contribution in [0.1, 0.15) is 53.9 Å². The highest BCUT2D eigenvalue weighted by atomic mass is 16.5. The van der Waals surface area contributed by atoms with Gasteiger partial charge in [-0.3, -0.25) is 4.57 Å². The highest BCUT2D eigenvalue weighted by molar-refractivity contribution is 5.89. The van der Waals surface area contributed by atoms with Crippen molar-refractivity contribution in [2.45, 2.75) is 40.7 Å². The SMILES string of the molecule is Cc1ccc2c(c1)-n1nnc(COc3ccccc3)c1Cc1c(C(=O)OCC(C)(C)C)ncn1-2. The third-order valence-electron chi connectivity index (χ3n) is 5.61. The molecule has 0 amide bonds. The third-order valence-corrected chi connectivity index (χ3v) is 5.61. The Labute approximate surface area is 198 Å². The van der Waals surface area contributed by atoms with Crippen LogP contribution in [0.2, 0.25) is 0 Å². The van der Waals surface area contributed by atoms with Crippen molar-refractivity contribution in [1.82, 2.24) is 24.5 Å². The van der Waals surface area contributed by atoms with Crippen LogP contribution in [-0.4, -0.2) is 37.1 Å². The van der Waals surface area contributed by atoms with Crippen molar-refractivity contribution in [3.63, 3.8) is 0 Å². The molecule has 2 aromatic carbocycles. The Kier molecular flexibility index (Phi) is 5.43. The fourth-order valence-corrected chi connectivity index (χ4v) is 3.92. The summed E-state index contributed by atoms with van der Waals surface area (Å²) in [6.45, 7) is 8.68. The molecule has 0 atom stereocenters. The number of rotatable bonds is 5. The lowest BCUT2D eigenvalue weighted by atomic mass is 9.99. The second kappa shape index (κ2) is 8.44. The van der Waals surface area contributed by atoms with E-state index in [1.165, 1.54) is 0 Å². The molecule has 0 unspecified atom stereocenters. The van der Waals surface area contributed by atoms with Gasteiger partial charge < -0.3 is 9.47 Å². The Bertz CT molecular complexity index is 1350. The summed E-state index contributed by atoms with van der Waals surface area (Å²) < 4.78 is 15.3. The standard InChI is InChI=1S/C26H27N5O3/c1-17-10-11-20-22(12-17)31-21(19(28-29-31)14-33-18-8-6-5-7-9-18)13-23-24(27-16-30(20)23)25(32)34-15-26(2,3)4/h5-12,16H,13-15H2,1-4H3. The lowest BCUT2D eigenvalue weighted by Gasteiger charge is -2.17. The highest BCUT2D eigenvalue weighted by Crippen LogP contribution is 2.31. The zero-order valence-electron chi connectivity index (χ0n) is 19.8. The van der Waals surface area contributed by atoms with Crippen molar-refractivity contribution < 1.29 is 14.3 Å². The van der Waals surface area contributed by atoms with Gasteiger partial charge in [0.2, 0.25) is 0 Å². The van der Waals surface area contributed by atoms with Gasteiger partial charge in [-0.15, -0.1) is 5.10 Å². The first kappa shape index (κ1) is 21.9. The molecule has 0 fully saturated rings. The number of carbonyl (C=O) groups excluding carboxylic acids is 1. The van der Waals surface area contributed by atoms with Gasteiger partial charge in [-0.1, -0.05) is 50.3 Å². The molecule has 2 aromatic heterocycles. The Morgan fingerprint density at radius 3 is 2.62 bits per heavy atom. The largest absolute Gasteiger partial charge is 0.487 e. The van der Waals surface area contributed by atoms with Crippen LogP contribution in [0.5, 0.6) is 5.75 Å². The number of fused-ring (bicyclic) bond motifs is 5. The summed E-state index contributed by atoms with van der Waals surface area (Å²) in [7, 11) is 0. The van der Waals surface area contributed by atoms with Crippen molar-refractivity contribution in [3.05, 3.63) is 83.2 Å². The molecule has 0 spiro atoms. The molecule has 0 saturated heterocycles. The molecule has 174 valence electrons. The first-order valence-corrected chi connectivity index (χ1v) is 11.3. The van der Waals surface area contributed by atoms with Gasteiger partial charge in [0, 0.05) is 6.42 Å². The van der Waals surface area contributed by atoms with Gasteiger partial charge >= 0.3 is 5.97 Å². The number of hydrogen-bond donors (Lipinski definition) is 0. The first-order valence-electron chi connectivity index (χ1n) is 11.3. The van der Waals surface area contributed by atoms with Crippen LogP contribution < -0.4 is 4.74 Å². The van der Waals surface area contributed by atoms with E-state index >= 15 is 0 Å². The summed E-state index contributed by atoms with van der Waals surface area (Å²) in [5.41, 5.74) is 5.32. The van der Waals surface area contributed by atoms with Crippen LogP contribution in [0, 0.1) is 12.3 Å². The molecule has 34 heavy (non-hydrogen) atoms. The molecule has 0 bridgehead atoms. The zero-order valence-corrected chi connectivity index (χ0v) is 19.8. The van der Waals surface area contributed by atoms with Crippen LogP contribution in [0.4, 0.5) is 0 Å². The minimum atomic E-state index is -0.430. The van der Waals surface area contributed by atoms with Crippen molar-refractivity contribution in [2.24, 2.45) is 5.41 Å². The number of ether oxygens (including phenoxy) is 2. The Balaban J connectivity index is 1.56. The topological polar surface area (TPSA) is 84.1 Å². The fourth-order valence-electron chi connectivity index (χ4n) is 3.92. The summed E-state index contributed by atoms with van der Waals surface area (Å²) in [6.07, 6.45) is 2.09. The van der Waals surface area contributed by atoms with E-state index in [1.54, 1.807) is 6.33 Å². The molecule has 0 aliphatic carbocycles. The molecule has 1 aliphatic heterocycles. The number of carbonyl (C=O) groups is 1. The number of aryl methyl sites for hydroxylation is 1. The van der Waals surface area contributed by atoms with Crippen molar-refractivity contribution >= 4 is 5.97 Å². The zero-order chi connectivity index (χ0) is 23.9. The minimum absolute atomic E-state index is 0.138. The summed E-state index contributed by atoms with van der Waals surface area (Å²) in [6, 6.07) is 15.7. The molecule has 8 heteroatoms. The lowest BCUT2D eigenvalue weighted by molar-refractivity contribution is 0.0359. The van der Waals surface area contributed by atoms with Crippen LogP contribution in [0.3, 0.4) is 0 Å². The first-order chi connectivity index (χ1) is 16.3. The molecule has 3 heterocycles. The minimum Gasteiger partial charge on any atom is -0.487 e. The monoisotopic (exact) mass is 457 g/mol. The average Bonchev–Trinajstić information content (AvgIpc) is 3.38. The number of esters is 1. The van der Waals surface area contributed by atoms with E-state index in [1.807, 2.05) is 79.4 Å². The number of aromatic nitrogens is 5. The van der Waals surface area contributed by atoms with Gasteiger partial charge in [0.05, 0.1) is 29.4 Å². The molecule has 5 rings (SSSR count). The molecule has 0 N–H and O–H groups in total. The van der Waals surface area contributed by atoms with Gasteiger partial charge in [0.1, 0.15) is 24.4 Å². The smallest absolute Gasteiger partial charge is 0.358 e. The van der Waals surface area contributed by atoms with Gasteiger partial charge in [-0.2, -0.15) is 0 Å². The van der Waals surface area contributed by atoms with Crippen molar-refractivity contribution in [2.75, 3.05) is 6.61 Å². The van der Waals surface area contributed by atoms with Crippen LogP contribution in [0.25, 0.3) is 11.4 Å². The Morgan fingerprint density at radius 1 is 1.06 bits per heavy atom. The number of benzene rings is 2. The molecule has 4 aromatic rings. The Morgan fingerprint density at radius 2 is 1.85 bits per heavy atom. The average molecular weight is 458 g/mol. The molecule has 0 saturated carbocycles. The number of hydrogen-bond acceptors (Lipinski definition) is 6.